The normalized spacial score (nSPS) is 15.2. The third-order valence-electron chi connectivity index (χ3n) is 4.80. The summed E-state index contributed by atoms with van der Waals surface area (Å²) in [5, 5.41) is 17.5. The number of hydrogen-bond donors (Lipinski definition) is 2. The van der Waals surface area contributed by atoms with Gasteiger partial charge in [0.15, 0.2) is 0 Å². The summed E-state index contributed by atoms with van der Waals surface area (Å²) in [5.74, 6) is -0.291. The summed E-state index contributed by atoms with van der Waals surface area (Å²) in [4.78, 5) is 14.5. The Hall–Kier alpha value is -2.21. The highest BCUT2D eigenvalue weighted by atomic mass is 19.1. The number of amides is 1. The highest BCUT2D eigenvalue weighted by Crippen LogP contribution is 2.30. The molecule has 1 unspecified atom stereocenters. The van der Waals surface area contributed by atoms with Crippen LogP contribution in [0.15, 0.2) is 24.3 Å². The molecule has 0 radical (unpaired) electrons. The van der Waals surface area contributed by atoms with E-state index < -0.39 is 6.10 Å². The number of aliphatic hydroxyl groups excluding tert-OH is 1. The molecule has 1 heterocycles. The number of nitrogens with one attached hydrogen (secondary N) is 1. The number of rotatable bonds is 7. The Morgan fingerprint density at radius 1 is 1.36 bits per heavy atom. The molecule has 1 aliphatic rings. The predicted octanol–water partition coefficient (Wildman–Crippen LogP) is 2.82. The lowest BCUT2D eigenvalue weighted by molar-refractivity contribution is -0.133. The number of halogens is 1. The summed E-state index contributed by atoms with van der Waals surface area (Å²) in [5.41, 5.74) is 3.63. The van der Waals surface area contributed by atoms with Crippen LogP contribution in [0.3, 0.4) is 0 Å². The van der Waals surface area contributed by atoms with Gasteiger partial charge in [0.1, 0.15) is 5.82 Å². The molecule has 25 heavy (non-hydrogen) atoms. The van der Waals surface area contributed by atoms with Gasteiger partial charge in [-0.25, -0.2) is 4.39 Å². The standard InChI is InChI=1S/C19H24FN3O2/c1-12-17(13(2)22-21-12)9-10-19(25)23(16-7-8-16)11-18(24)14-3-5-15(20)6-4-14/h3-6,16,18,24H,7-11H2,1-2H3,(H,21,22). The Kier molecular flexibility index (Phi) is 5.18. The van der Waals surface area contributed by atoms with Crippen LogP contribution in [0.25, 0.3) is 0 Å². The monoisotopic (exact) mass is 345 g/mol. The van der Waals surface area contributed by atoms with Gasteiger partial charge in [-0.2, -0.15) is 5.10 Å². The van der Waals surface area contributed by atoms with E-state index in [-0.39, 0.29) is 24.3 Å². The van der Waals surface area contributed by atoms with Crippen molar-refractivity contribution in [1.29, 1.82) is 0 Å². The quantitative estimate of drug-likeness (QED) is 0.811. The van der Waals surface area contributed by atoms with Crippen molar-refractivity contribution >= 4 is 5.91 Å². The van der Waals surface area contributed by atoms with Gasteiger partial charge in [0.05, 0.1) is 18.3 Å². The topological polar surface area (TPSA) is 69.2 Å². The van der Waals surface area contributed by atoms with Crippen molar-refractivity contribution in [2.75, 3.05) is 6.54 Å². The van der Waals surface area contributed by atoms with E-state index in [4.69, 9.17) is 0 Å². The molecule has 5 nitrogen and oxygen atoms in total. The molecule has 0 saturated heterocycles. The largest absolute Gasteiger partial charge is 0.387 e. The summed E-state index contributed by atoms with van der Waals surface area (Å²) in [6, 6.07) is 5.99. The number of carbonyl (C=O) groups excluding carboxylic acids is 1. The highest BCUT2D eigenvalue weighted by Gasteiger charge is 2.33. The van der Waals surface area contributed by atoms with Gasteiger partial charge < -0.3 is 10.0 Å². The molecule has 1 fully saturated rings. The number of carbonyl (C=O) groups is 1. The van der Waals surface area contributed by atoms with Crippen molar-refractivity contribution < 1.29 is 14.3 Å². The number of nitrogens with zero attached hydrogens (tertiary/aromatic N) is 2. The second kappa shape index (κ2) is 7.35. The number of H-pyrrole nitrogens is 1. The zero-order chi connectivity index (χ0) is 18.0. The Morgan fingerprint density at radius 2 is 2.04 bits per heavy atom. The first kappa shape index (κ1) is 17.6. The van der Waals surface area contributed by atoms with Crippen LogP contribution in [0.5, 0.6) is 0 Å². The molecule has 3 rings (SSSR count). The van der Waals surface area contributed by atoms with Crippen LogP contribution < -0.4 is 0 Å². The fourth-order valence-electron chi connectivity index (χ4n) is 3.14. The van der Waals surface area contributed by atoms with Crippen LogP contribution in [-0.4, -0.2) is 38.7 Å². The molecule has 134 valence electrons. The van der Waals surface area contributed by atoms with E-state index in [2.05, 4.69) is 10.2 Å². The molecule has 1 atom stereocenters. The van der Waals surface area contributed by atoms with Gasteiger partial charge in [0.2, 0.25) is 5.91 Å². The average Bonchev–Trinajstić information content (AvgIpc) is 3.38. The van der Waals surface area contributed by atoms with E-state index >= 15 is 0 Å². The van der Waals surface area contributed by atoms with E-state index in [0.29, 0.717) is 18.4 Å². The van der Waals surface area contributed by atoms with Crippen LogP contribution in [0, 0.1) is 19.7 Å². The molecule has 0 spiro atoms. The van der Waals surface area contributed by atoms with Crippen molar-refractivity contribution in [2.45, 2.75) is 51.7 Å². The Bertz CT molecular complexity index is 718. The van der Waals surface area contributed by atoms with Crippen LogP contribution in [-0.2, 0) is 11.2 Å². The van der Waals surface area contributed by atoms with Crippen LogP contribution >= 0.6 is 0 Å². The maximum atomic E-state index is 13.0. The number of aryl methyl sites for hydroxylation is 2. The molecule has 2 aromatic rings. The van der Waals surface area contributed by atoms with Gasteiger partial charge in [-0.1, -0.05) is 12.1 Å². The van der Waals surface area contributed by atoms with Crippen molar-refractivity contribution in [1.82, 2.24) is 15.1 Å². The number of benzene rings is 1. The first-order chi connectivity index (χ1) is 12.0. The third-order valence-corrected chi connectivity index (χ3v) is 4.80. The van der Waals surface area contributed by atoms with Gasteiger partial charge >= 0.3 is 0 Å². The number of aromatic amines is 1. The van der Waals surface area contributed by atoms with Crippen molar-refractivity contribution in [2.24, 2.45) is 0 Å². The number of aromatic nitrogens is 2. The molecule has 6 heteroatoms. The predicted molar refractivity (Wildman–Crippen MR) is 92.5 cm³/mol. The third kappa shape index (κ3) is 4.25. The van der Waals surface area contributed by atoms with Gasteiger partial charge in [-0.15, -0.1) is 0 Å². The molecular weight excluding hydrogens is 321 g/mol. The molecule has 2 N–H and O–H groups in total. The highest BCUT2D eigenvalue weighted by molar-refractivity contribution is 5.77. The average molecular weight is 345 g/mol. The molecule has 1 aromatic carbocycles. The van der Waals surface area contributed by atoms with Gasteiger partial charge in [0.25, 0.3) is 0 Å². The fourth-order valence-corrected chi connectivity index (χ4v) is 3.14. The SMILES string of the molecule is Cc1n[nH]c(C)c1CCC(=O)N(CC(O)c1ccc(F)cc1)C1CC1. The maximum absolute atomic E-state index is 13.0. The number of hydrogen-bond acceptors (Lipinski definition) is 3. The van der Waals surface area contributed by atoms with Gasteiger partial charge in [-0.3, -0.25) is 9.89 Å². The minimum Gasteiger partial charge on any atom is -0.387 e. The summed E-state index contributed by atoms with van der Waals surface area (Å²) < 4.78 is 13.0. The van der Waals surface area contributed by atoms with E-state index in [1.165, 1.54) is 12.1 Å². The van der Waals surface area contributed by atoms with Crippen molar-refractivity contribution in [3.8, 4) is 0 Å². The molecule has 1 aromatic heterocycles. The number of aliphatic hydroxyl groups is 1. The lowest BCUT2D eigenvalue weighted by Crippen LogP contribution is -2.36. The Labute approximate surface area is 146 Å². The molecular formula is C19H24FN3O2. The van der Waals surface area contributed by atoms with Gasteiger partial charge in [0, 0.05) is 18.2 Å². The van der Waals surface area contributed by atoms with E-state index in [1.807, 2.05) is 13.8 Å². The lowest BCUT2D eigenvalue weighted by Gasteiger charge is -2.25. The zero-order valence-corrected chi connectivity index (χ0v) is 14.6. The Morgan fingerprint density at radius 3 is 2.60 bits per heavy atom. The molecule has 0 aliphatic heterocycles. The summed E-state index contributed by atoms with van der Waals surface area (Å²) in [7, 11) is 0. The fraction of sp³-hybridized carbons (Fsp3) is 0.474. The van der Waals surface area contributed by atoms with Crippen LogP contribution in [0.2, 0.25) is 0 Å². The first-order valence-electron chi connectivity index (χ1n) is 8.69. The zero-order valence-electron chi connectivity index (χ0n) is 14.6. The summed E-state index contributed by atoms with van der Waals surface area (Å²) in [6.07, 6.45) is 2.19. The van der Waals surface area contributed by atoms with Crippen molar-refractivity contribution in [3.63, 3.8) is 0 Å². The van der Waals surface area contributed by atoms with E-state index in [1.54, 1.807) is 17.0 Å². The summed E-state index contributed by atoms with van der Waals surface area (Å²) in [6.45, 7) is 4.13. The first-order valence-corrected chi connectivity index (χ1v) is 8.69. The molecule has 0 bridgehead atoms. The van der Waals surface area contributed by atoms with E-state index in [9.17, 15) is 14.3 Å². The molecule has 1 saturated carbocycles. The Balaban J connectivity index is 1.62. The minimum absolute atomic E-state index is 0.0451. The summed E-state index contributed by atoms with van der Waals surface area (Å²) >= 11 is 0. The van der Waals surface area contributed by atoms with Crippen LogP contribution in [0.4, 0.5) is 4.39 Å². The second-order valence-corrected chi connectivity index (χ2v) is 6.76. The van der Waals surface area contributed by atoms with Gasteiger partial charge in [-0.05, 0) is 56.4 Å². The smallest absolute Gasteiger partial charge is 0.223 e. The minimum atomic E-state index is -0.803. The molecule has 1 aliphatic carbocycles. The lowest BCUT2D eigenvalue weighted by atomic mass is 10.1. The van der Waals surface area contributed by atoms with Crippen molar-refractivity contribution in [3.05, 3.63) is 52.6 Å². The van der Waals surface area contributed by atoms with E-state index in [0.717, 1.165) is 29.8 Å². The second-order valence-electron chi connectivity index (χ2n) is 6.76. The van der Waals surface area contributed by atoms with Crippen LogP contribution in [0.1, 0.15) is 47.9 Å². The maximum Gasteiger partial charge on any atom is 0.223 e. The molecule has 1 amide bonds.